The minimum absolute atomic E-state index is 0.0107. The highest BCUT2D eigenvalue weighted by molar-refractivity contribution is 6.77. The Bertz CT molecular complexity index is 443. The van der Waals surface area contributed by atoms with Crippen molar-refractivity contribution in [3.05, 3.63) is 11.3 Å². The SMILES string of the molecule is CC1=C(O[Si](C(C)C)(C(C)C)C(C)C)CC[C@H]2C(=O)OC[C@@H]12. The Balaban J connectivity index is 2.32. The lowest BCUT2D eigenvalue weighted by Gasteiger charge is -2.44. The molecule has 2 aliphatic rings. The summed E-state index contributed by atoms with van der Waals surface area (Å²) < 4.78 is 12.1. The molecule has 0 aromatic carbocycles. The molecular formula is C18H32O3Si. The number of cyclic esters (lactones) is 1. The van der Waals surface area contributed by atoms with Gasteiger partial charge in [-0.25, -0.2) is 0 Å². The van der Waals surface area contributed by atoms with E-state index in [9.17, 15) is 4.79 Å². The highest BCUT2D eigenvalue weighted by atomic mass is 28.4. The van der Waals surface area contributed by atoms with Gasteiger partial charge in [-0.2, -0.15) is 0 Å². The maximum Gasteiger partial charge on any atom is 0.309 e. The molecule has 126 valence electrons. The zero-order valence-electron chi connectivity index (χ0n) is 15.2. The largest absolute Gasteiger partial charge is 0.546 e. The van der Waals surface area contributed by atoms with E-state index in [0.29, 0.717) is 23.2 Å². The van der Waals surface area contributed by atoms with Crippen LogP contribution in [0, 0.1) is 11.8 Å². The molecule has 1 heterocycles. The molecule has 0 saturated carbocycles. The first-order valence-corrected chi connectivity index (χ1v) is 10.9. The van der Waals surface area contributed by atoms with E-state index in [1.807, 2.05) is 0 Å². The summed E-state index contributed by atoms with van der Waals surface area (Å²) in [5.41, 5.74) is 2.99. The summed E-state index contributed by atoms with van der Waals surface area (Å²) in [5.74, 6) is 1.47. The Kier molecular flexibility index (Phi) is 5.10. The number of rotatable bonds is 5. The zero-order chi connectivity index (χ0) is 16.7. The van der Waals surface area contributed by atoms with Crippen molar-refractivity contribution in [3.63, 3.8) is 0 Å². The van der Waals surface area contributed by atoms with E-state index in [-0.39, 0.29) is 17.8 Å². The van der Waals surface area contributed by atoms with Crippen molar-refractivity contribution in [1.82, 2.24) is 0 Å². The van der Waals surface area contributed by atoms with Crippen molar-refractivity contribution in [1.29, 1.82) is 0 Å². The number of hydrogen-bond donors (Lipinski definition) is 0. The topological polar surface area (TPSA) is 35.5 Å². The van der Waals surface area contributed by atoms with Gasteiger partial charge in [0.25, 0.3) is 8.32 Å². The van der Waals surface area contributed by atoms with Crippen molar-refractivity contribution in [2.45, 2.75) is 77.9 Å². The van der Waals surface area contributed by atoms with E-state index in [1.54, 1.807) is 0 Å². The summed E-state index contributed by atoms with van der Waals surface area (Å²) >= 11 is 0. The molecule has 1 saturated heterocycles. The zero-order valence-corrected chi connectivity index (χ0v) is 16.2. The maximum atomic E-state index is 11.8. The molecule has 22 heavy (non-hydrogen) atoms. The van der Waals surface area contributed by atoms with Crippen LogP contribution in [0.4, 0.5) is 0 Å². The Morgan fingerprint density at radius 2 is 1.59 bits per heavy atom. The van der Waals surface area contributed by atoms with Gasteiger partial charge in [0.05, 0.1) is 18.3 Å². The second-order valence-electron chi connectivity index (χ2n) is 7.91. The van der Waals surface area contributed by atoms with Crippen LogP contribution in [-0.4, -0.2) is 20.9 Å². The Labute approximate surface area is 136 Å². The first kappa shape index (κ1) is 17.6. The molecule has 4 heteroatoms. The standard InChI is InChI=1S/C18H32O3Si/c1-11(2)22(12(3)4,13(5)6)21-17-9-8-15-16(14(17)7)10-20-18(15)19/h11-13,15-16H,8-10H2,1-7H3/t15-,16+/m1/s1. The third kappa shape index (κ3) is 2.75. The van der Waals surface area contributed by atoms with Crippen molar-refractivity contribution in [2.24, 2.45) is 11.8 Å². The van der Waals surface area contributed by atoms with Gasteiger partial charge in [0.1, 0.15) is 0 Å². The number of allylic oxidation sites excluding steroid dienone is 1. The van der Waals surface area contributed by atoms with Crippen molar-refractivity contribution in [2.75, 3.05) is 6.61 Å². The molecule has 0 aromatic heterocycles. The molecule has 0 unspecified atom stereocenters. The minimum atomic E-state index is -1.90. The predicted molar refractivity (Wildman–Crippen MR) is 92.0 cm³/mol. The molecule has 1 aliphatic carbocycles. The van der Waals surface area contributed by atoms with Crippen LogP contribution < -0.4 is 0 Å². The van der Waals surface area contributed by atoms with Crippen LogP contribution >= 0.6 is 0 Å². The highest BCUT2D eigenvalue weighted by Crippen LogP contribution is 2.47. The van der Waals surface area contributed by atoms with Crippen LogP contribution in [0.5, 0.6) is 0 Å². The highest BCUT2D eigenvalue weighted by Gasteiger charge is 2.49. The fourth-order valence-corrected chi connectivity index (χ4v) is 10.1. The number of carbonyl (C=O) groups is 1. The van der Waals surface area contributed by atoms with E-state index in [2.05, 4.69) is 48.5 Å². The quantitative estimate of drug-likeness (QED) is 0.525. The smallest absolute Gasteiger partial charge is 0.309 e. The van der Waals surface area contributed by atoms with Gasteiger partial charge in [-0.3, -0.25) is 4.79 Å². The average Bonchev–Trinajstić information content (AvgIpc) is 2.79. The van der Waals surface area contributed by atoms with Gasteiger partial charge < -0.3 is 9.16 Å². The molecule has 0 spiro atoms. The second kappa shape index (κ2) is 6.38. The van der Waals surface area contributed by atoms with Gasteiger partial charge in [0.2, 0.25) is 0 Å². The van der Waals surface area contributed by atoms with E-state index in [4.69, 9.17) is 9.16 Å². The summed E-state index contributed by atoms with van der Waals surface area (Å²) in [5, 5.41) is 0. The number of esters is 1. The molecule has 0 N–H and O–H groups in total. The molecule has 0 aromatic rings. The van der Waals surface area contributed by atoms with Gasteiger partial charge in [-0.05, 0) is 35.5 Å². The Morgan fingerprint density at radius 3 is 2.09 bits per heavy atom. The molecule has 1 aliphatic heterocycles. The van der Waals surface area contributed by atoms with Gasteiger partial charge in [-0.15, -0.1) is 0 Å². The van der Waals surface area contributed by atoms with Gasteiger partial charge in [0, 0.05) is 12.3 Å². The van der Waals surface area contributed by atoms with Crippen LogP contribution in [0.15, 0.2) is 11.3 Å². The Hall–Kier alpha value is -0.773. The summed E-state index contributed by atoms with van der Waals surface area (Å²) in [6, 6.07) is 0. The molecule has 0 amide bonds. The van der Waals surface area contributed by atoms with Crippen molar-refractivity contribution < 1.29 is 14.0 Å². The first-order valence-electron chi connectivity index (χ1n) is 8.77. The van der Waals surface area contributed by atoms with Gasteiger partial charge >= 0.3 is 5.97 Å². The summed E-state index contributed by atoms with van der Waals surface area (Å²) in [7, 11) is -1.90. The average molecular weight is 325 g/mol. The number of fused-ring (bicyclic) bond motifs is 1. The van der Waals surface area contributed by atoms with Crippen molar-refractivity contribution in [3.8, 4) is 0 Å². The Morgan fingerprint density at radius 1 is 1.05 bits per heavy atom. The van der Waals surface area contributed by atoms with Crippen molar-refractivity contribution >= 4 is 14.3 Å². The molecule has 2 atom stereocenters. The fraction of sp³-hybridized carbons (Fsp3) is 0.833. The van der Waals surface area contributed by atoms with E-state index in [1.165, 1.54) is 11.3 Å². The lowest BCUT2D eigenvalue weighted by atomic mass is 9.80. The van der Waals surface area contributed by atoms with Crippen LogP contribution in [0.3, 0.4) is 0 Å². The number of ether oxygens (including phenoxy) is 1. The van der Waals surface area contributed by atoms with E-state index < -0.39 is 8.32 Å². The summed E-state index contributed by atoms with van der Waals surface area (Å²) in [4.78, 5) is 11.8. The van der Waals surface area contributed by atoms with Gasteiger partial charge in [-0.1, -0.05) is 41.5 Å². The minimum Gasteiger partial charge on any atom is -0.546 e. The van der Waals surface area contributed by atoms with Crippen LogP contribution in [0.1, 0.15) is 61.3 Å². The van der Waals surface area contributed by atoms with Crippen LogP contribution in [0.2, 0.25) is 16.6 Å². The lowest BCUT2D eigenvalue weighted by molar-refractivity contribution is -0.141. The number of carbonyl (C=O) groups excluding carboxylic acids is 1. The second-order valence-corrected chi connectivity index (χ2v) is 13.3. The third-order valence-electron chi connectivity index (χ3n) is 5.88. The molecule has 2 rings (SSSR count). The monoisotopic (exact) mass is 324 g/mol. The van der Waals surface area contributed by atoms with E-state index in [0.717, 1.165) is 12.8 Å². The molecule has 3 nitrogen and oxygen atoms in total. The van der Waals surface area contributed by atoms with Crippen LogP contribution in [0.25, 0.3) is 0 Å². The van der Waals surface area contributed by atoms with E-state index >= 15 is 0 Å². The first-order chi connectivity index (χ1) is 10.2. The molecule has 0 bridgehead atoms. The van der Waals surface area contributed by atoms with Crippen LogP contribution in [-0.2, 0) is 14.0 Å². The normalized spacial score (nSPS) is 26.0. The number of hydrogen-bond acceptors (Lipinski definition) is 3. The van der Waals surface area contributed by atoms with Gasteiger partial charge in [0.15, 0.2) is 0 Å². The molecule has 1 fully saturated rings. The maximum absolute atomic E-state index is 11.8. The third-order valence-corrected chi connectivity index (χ3v) is 11.9. The summed E-state index contributed by atoms with van der Waals surface area (Å²) in [6.07, 6.45) is 1.78. The molecular weight excluding hydrogens is 292 g/mol. The summed E-state index contributed by atoms with van der Waals surface area (Å²) in [6.45, 7) is 16.6. The predicted octanol–water partition coefficient (Wildman–Crippen LogP) is 5.04. The fourth-order valence-electron chi connectivity index (χ4n) is 4.69. The lowest BCUT2D eigenvalue weighted by Crippen LogP contribution is -2.48. The molecule has 0 radical (unpaired) electrons.